The SMILES string of the molecule is N/C(=N\OCc1cccc([N+](=O)[O-])c1)c1nonc1N. The molecule has 2 rings (SSSR count). The highest BCUT2D eigenvalue weighted by Crippen LogP contribution is 2.14. The first kappa shape index (κ1) is 13.3. The van der Waals surface area contributed by atoms with Crippen LogP contribution in [0.2, 0.25) is 0 Å². The molecule has 10 heteroatoms. The van der Waals surface area contributed by atoms with Crippen LogP contribution in [0.4, 0.5) is 11.5 Å². The monoisotopic (exact) mass is 278 g/mol. The number of amidine groups is 1. The number of rotatable bonds is 5. The van der Waals surface area contributed by atoms with Crippen LogP contribution >= 0.6 is 0 Å². The summed E-state index contributed by atoms with van der Waals surface area (Å²) in [5, 5.41) is 21.0. The van der Waals surface area contributed by atoms with E-state index in [1.165, 1.54) is 12.1 Å². The molecular formula is C10H10N6O4. The maximum atomic E-state index is 10.6. The minimum absolute atomic E-state index is 0.00750. The summed E-state index contributed by atoms with van der Waals surface area (Å²) < 4.78 is 4.36. The van der Waals surface area contributed by atoms with E-state index in [2.05, 4.69) is 20.1 Å². The van der Waals surface area contributed by atoms with Gasteiger partial charge in [0.25, 0.3) is 5.69 Å². The number of nitro groups is 1. The van der Waals surface area contributed by atoms with Crippen molar-refractivity contribution in [2.75, 3.05) is 5.73 Å². The van der Waals surface area contributed by atoms with Crippen molar-refractivity contribution in [3.8, 4) is 0 Å². The summed E-state index contributed by atoms with van der Waals surface area (Å²) in [6.07, 6.45) is 0. The molecule has 4 N–H and O–H groups in total. The number of anilines is 1. The van der Waals surface area contributed by atoms with Crippen LogP contribution in [-0.2, 0) is 11.4 Å². The smallest absolute Gasteiger partial charge is 0.269 e. The van der Waals surface area contributed by atoms with E-state index < -0.39 is 4.92 Å². The summed E-state index contributed by atoms with van der Waals surface area (Å²) in [5.41, 5.74) is 11.6. The molecule has 1 aromatic carbocycles. The van der Waals surface area contributed by atoms with Crippen LogP contribution < -0.4 is 11.5 Å². The average molecular weight is 278 g/mol. The van der Waals surface area contributed by atoms with Crippen LogP contribution in [0.5, 0.6) is 0 Å². The van der Waals surface area contributed by atoms with Gasteiger partial charge < -0.3 is 16.3 Å². The van der Waals surface area contributed by atoms with Gasteiger partial charge in [0.2, 0.25) is 0 Å². The molecular weight excluding hydrogens is 268 g/mol. The van der Waals surface area contributed by atoms with E-state index >= 15 is 0 Å². The summed E-state index contributed by atoms with van der Waals surface area (Å²) in [6.45, 7) is 0.00750. The molecule has 0 saturated heterocycles. The molecule has 20 heavy (non-hydrogen) atoms. The molecule has 0 fully saturated rings. The maximum absolute atomic E-state index is 10.6. The number of non-ortho nitro benzene ring substituents is 1. The fourth-order valence-electron chi connectivity index (χ4n) is 1.35. The Bertz CT molecular complexity index is 653. The molecule has 0 amide bonds. The van der Waals surface area contributed by atoms with Crippen LogP contribution in [-0.4, -0.2) is 21.1 Å². The van der Waals surface area contributed by atoms with Crippen molar-refractivity contribution in [3.63, 3.8) is 0 Å². The first-order chi connectivity index (χ1) is 9.58. The first-order valence-corrected chi connectivity index (χ1v) is 5.35. The molecule has 10 nitrogen and oxygen atoms in total. The van der Waals surface area contributed by atoms with Gasteiger partial charge in [0, 0.05) is 12.1 Å². The lowest BCUT2D eigenvalue weighted by molar-refractivity contribution is -0.384. The van der Waals surface area contributed by atoms with E-state index in [1.54, 1.807) is 12.1 Å². The lowest BCUT2D eigenvalue weighted by atomic mass is 10.2. The Morgan fingerprint density at radius 1 is 1.50 bits per heavy atom. The van der Waals surface area contributed by atoms with Crippen LogP contribution in [0.3, 0.4) is 0 Å². The zero-order chi connectivity index (χ0) is 14.5. The Balaban J connectivity index is 2.01. The molecule has 0 saturated carbocycles. The van der Waals surface area contributed by atoms with Crippen molar-refractivity contribution in [1.29, 1.82) is 0 Å². The van der Waals surface area contributed by atoms with Gasteiger partial charge in [-0.3, -0.25) is 10.1 Å². The van der Waals surface area contributed by atoms with Gasteiger partial charge in [-0.1, -0.05) is 17.3 Å². The molecule has 0 radical (unpaired) electrons. The zero-order valence-electron chi connectivity index (χ0n) is 10.1. The third-order valence-corrected chi connectivity index (χ3v) is 2.27. The van der Waals surface area contributed by atoms with Gasteiger partial charge in [0.1, 0.15) is 6.61 Å². The van der Waals surface area contributed by atoms with Gasteiger partial charge in [0.05, 0.1) is 4.92 Å². The molecule has 0 spiro atoms. The van der Waals surface area contributed by atoms with Crippen molar-refractivity contribution in [2.45, 2.75) is 6.61 Å². The van der Waals surface area contributed by atoms with Crippen LogP contribution in [0.1, 0.15) is 11.3 Å². The number of nitrogen functional groups attached to an aromatic ring is 1. The molecule has 2 aromatic rings. The Morgan fingerprint density at radius 2 is 2.30 bits per heavy atom. The van der Waals surface area contributed by atoms with E-state index in [9.17, 15) is 10.1 Å². The van der Waals surface area contributed by atoms with Crippen molar-refractivity contribution in [1.82, 2.24) is 10.3 Å². The van der Waals surface area contributed by atoms with Gasteiger partial charge in [-0.15, -0.1) is 0 Å². The number of nitro benzene ring substituents is 1. The fraction of sp³-hybridized carbons (Fsp3) is 0.100. The number of nitrogens with two attached hydrogens (primary N) is 2. The van der Waals surface area contributed by atoms with Gasteiger partial charge in [-0.25, -0.2) is 4.63 Å². The lowest BCUT2D eigenvalue weighted by Gasteiger charge is -2.01. The summed E-state index contributed by atoms with van der Waals surface area (Å²) in [6, 6.07) is 5.95. The van der Waals surface area contributed by atoms with Crippen LogP contribution in [0.15, 0.2) is 34.1 Å². The molecule has 104 valence electrons. The van der Waals surface area contributed by atoms with Crippen molar-refractivity contribution in [3.05, 3.63) is 45.6 Å². The van der Waals surface area contributed by atoms with E-state index in [0.29, 0.717) is 5.56 Å². The highest BCUT2D eigenvalue weighted by atomic mass is 16.6. The third kappa shape index (κ3) is 2.98. The number of nitrogens with zero attached hydrogens (tertiary/aromatic N) is 4. The number of benzene rings is 1. The third-order valence-electron chi connectivity index (χ3n) is 2.27. The largest absolute Gasteiger partial charge is 0.389 e. The Labute approximate surface area is 112 Å². The van der Waals surface area contributed by atoms with E-state index in [0.717, 1.165) is 0 Å². The van der Waals surface area contributed by atoms with Gasteiger partial charge in [0.15, 0.2) is 17.3 Å². The molecule has 0 unspecified atom stereocenters. The normalized spacial score (nSPS) is 11.3. The number of aromatic nitrogens is 2. The second-order valence-electron chi connectivity index (χ2n) is 3.68. The topological polar surface area (TPSA) is 156 Å². The van der Waals surface area contributed by atoms with Crippen LogP contribution in [0.25, 0.3) is 0 Å². The minimum atomic E-state index is -0.497. The summed E-state index contributed by atoms with van der Waals surface area (Å²) in [7, 11) is 0. The standard InChI is InChI=1S/C10H10N6O4/c11-9(8-10(12)15-20-13-8)14-19-5-6-2-1-3-7(4-6)16(17)18/h1-4H,5H2,(H2,11,14)(H2,12,15). The van der Waals surface area contributed by atoms with Crippen LogP contribution in [0, 0.1) is 10.1 Å². The summed E-state index contributed by atoms with van der Waals surface area (Å²) in [4.78, 5) is 15.1. The Kier molecular flexibility index (Phi) is 3.75. The van der Waals surface area contributed by atoms with E-state index in [4.69, 9.17) is 16.3 Å². The van der Waals surface area contributed by atoms with E-state index in [1.807, 2.05) is 0 Å². The Morgan fingerprint density at radius 3 is 2.95 bits per heavy atom. The van der Waals surface area contributed by atoms with Crippen molar-refractivity contribution < 1.29 is 14.4 Å². The molecule has 0 aliphatic carbocycles. The highest BCUT2D eigenvalue weighted by molar-refractivity contribution is 5.98. The van der Waals surface area contributed by atoms with Crippen molar-refractivity contribution >= 4 is 17.3 Å². The number of oxime groups is 1. The van der Waals surface area contributed by atoms with Gasteiger partial charge >= 0.3 is 0 Å². The number of hydrogen-bond acceptors (Lipinski definition) is 8. The second kappa shape index (κ2) is 5.65. The molecule has 1 heterocycles. The molecule has 0 aliphatic heterocycles. The lowest BCUT2D eigenvalue weighted by Crippen LogP contribution is -2.16. The predicted molar refractivity (Wildman–Crippen MR) is 67.3 cm³/mol. The molecule has 0 bridgehead atoms. The van der Waals surface area contributed by atoms with E-state index in [-0.39, 0.29) is 29.6 Å². The minimum Gasteiger partial charge on any atom is -0.389 e. The molecule has 1 aromatic heterocycles. The quantitative estimate of drug-likeness (QED) is 0.344. The highest BCUT2D eigenvalue weighted by Gasteiger charge is 2.11. The van der Waals surface area contributed by atoms with Gasteiger partial charge in [-0.05, 0) is 15.9 Å². The predicted octanol–water partition coefficient (Wildman–Crippen LogP) is 0.397. The Hall–Kier alpha value is -3.17. The van der Waals surface area contributed by atoms with Crippen molar-refractivity contribution in [2.24, 2.45) is 10.9 Å². The summed E-state index contributed by atoms with van der Waals surface area (Å²) in [5.74, 6) is -0.112. The molecule has 0 atom stereocenters. The number of hydrogen-bond donors (Lipinski definition) is 2. The summed E-state index contributed by atoms with van der Waals surface area (Å²) >= 11 is 0. The van der Waals surface area contributed by atoms with Gasteiger partial charge in [-0.2, -0.15) is 0 Å². The average Bonchev–Trinajstić information content (AvgIpc) is 2.85. The zero-order valence-corrected chi connectivity index (χ0v) is 10.1. The fourth-order valence-corrected chi connectivity index (χ4v) is 1.35. The molecule has 0 aliphatic rings. The second-order valence-corrected chi connectivity index (χ2v) is 3.68. The first-order valence-electron chi connectivity index (χ1n) is 5.35. The maximum Gasteiger partial charge on any atom is 0.269 e.